The normalized spacial score (nSPS) is 22.1. The smallest absolute Gasteiger partial charge is 0.236 e. The van der Waals surface area contributed by atoms with Gasteiger partial charge in [0.1, 0.15) is 0 Å². The maximum atomic E-state index is 11.5. The summed E-state index contributed by atoms with van der Waals surface area (Å²) in [4.78, 5) is 11.5. The van der Waals surface area contributed by atoms with Gasteiger partial charge in [-0.1, -0.05) is 26.2 Å². The second kappa shape index (κ2) is 6.11. The van der Waals surface area contributed by atoms with Gasteiger partial charge in [-0.3, -0.25) is 4.79 Å². The van der Waals surface area contributed by atoms with Crippen LogP contribution in [0.5, 0.6) is 0 Å². The molecule has 0 aliphatic heterocycles. The average Bonchev–Trinajstić information content (AvgIpc) is 2.26. The number of hydrogen-bond donors (Lipinski definition) is 2. The minimum atomic E-state index is -0.386. The van der Waals surface area contributed by atoms with Crippen LogP contribution in [0, 0.1) is 5.92 Å². The molecular weight excluding hydrogens is 188 g/mol. The monoisotopic (exact) mass is 212 g/mol. The van der Waals surface area contributed by atoms with Crippen molar-refractivity contribution in [3.05, 3.63) is 0 Å². The summed E-state index contributed by atoms with van der Waals surface area (Å²) >= 11 is 0. The van der Waals surface area contributed by atoms with E-state index in [2.05, 4.69) is 12.2 Å². The summed E-state index contributed by atoms with van der Waals surface area (Å²) in [7, 11) is 0. The quantitative estimate of drug-likeness (QED) is 0.746. The fraction of sp³-hybridized carbons (Fsp3) is 0.917. The van der Waals surface area contributed by atoms with Crippen molar-refractivity contribution in [2.75, 3.05) is 0 Å². The molecule has 1 rings (SSSR count). The molecule has 0 saturated heterocycles. The number of carbonyl (C=O) groups is 1. The number of nitrogens with two attached hydrogens (primary N) is 1. The van der Waals surface area contributed by atoms with Gasteiger partial charge in [-0.05, 0) is 32.1 Å². The lowest BCUT2D eigenvalue weighted by molar-refractivity contribution is -0.123. The van der Waals surface area contributed by atoms with Gasteiger partial charge in [-0.15, -0.1) is 0 Å². The Labute approximate surface area is 92.8 Å². The van der Waals surface area contributed by atoms with Crippen molar-refractivity contribution in [2.45, 2.75) is 64.5 Å². The molecule has 15 heavy (non-hydrogen) atoms. The number of rotatable bonds is 4. The van der Waals surface area contributed by atoms with Crippen molar-refractivity contribution in [1.29, 1.82) is 0 Å². The Morgan fingerprint density at radius 3 is 2.47 bits per heavy atom. The van der Waals surface area contributed by atoms with Crippen LogP contribution >= 0.6 is 0 Å². The predicted molar refractivity (Wildman–Crippen MR) is 62.4 cm³/mol. The number of carbonyl (C=O) groups excluding carboxylic acids is 1. The second-order valence-electron chi connectivity index (χ2n) is 4.71. The lowest BCUT2D eigenvalue weighted by atomic mass is 9.83. The van der Waals surface area contributed by atoms with Crippen LogP contribution in [0.3, 0.4) is 0 Å². The van der Waals surface area contributed by atoms with Crippen LogP contribution in [0.4, 0.5) is 0 Å². The van der Waals surface area contributed by atoms with E-state index in [1.165, 1.54) is 32.1 Å². The number of amides is 1. The highest BCUT2D eigenvalue weighted by atomic mass is 16.2. The van der Waals surface area contributed by atoms with Gasteiger partial charge in [-0.2, -0.15) is 0 Å². The van der Waals surface area contributed by atoms with E-state index >= 15 is 0 Å². The molecule has 88 valence electrons. The van der Waals surface area contributed by atoms with Crippen LogP contribution in [-0.2, 0) is 4.79 Å². The zero-order valence-electron chi connectivity index (χ0n) is 9.96. The van der Waals surface area contributed by atoms with Gasteiger partial charge >= 0.3 is 0 Å². The van der Waals surface area contributed by atoms with Crippen molar-refractivity contribution < 1.29 is 4.79 Å². The van der Waals surface area contributed by atoms with Crippen LogP contribution in [-0.4, -0.2) is 18.0 Å². The topological polar surface area (TPSA) is 55.1 Å². The van der Waals surface area contributed by atoms with E-state index in [-0.39, 0.29) is 11.9 Å². The first-order valence-corrected chi connectivity index (χ1v) is 6.21. The van der Waals surface area contributed by atoms with Gasteiger partial charge in [-0.25, -0.2) is 0 Å². The molecule has 1 aliphatic carbocycles. The van der Waals surface area contributed by atoms with Gasteiger partial charge in [0.2, 0.25) is 5.91 Å². The zero-order valence-corrected chi connectivity index (χ0v) is 9.96. The van der Waals surface area contributed by atoms with E-state index in [4.69, 9.17) is 5.73 Å². The van der Waals surface area contributed by atoms with Gasteiger partial charge in [0.25, 0.3) is 0 Å². The Bertz CT molecular complexity index is 198. The Hall–Kier alpha value is -0.570. The average molecular weight is 212 g/mol. The second-order valence-corrected chi connectivity index (χ2v) is 4.71. The molecule has 1 saturated carbocycles. The van der Waals surface area contributed by atoms with Crippen LogP contribution in [0.1, 0.15) is 52.4 Å². The van der Waals surface area contributed by atoms with Crippen LogP contribution in [0.25, 0.3) is 0 Å². The SMILES string of the molecule is CCC(NC(=O)C(C)N)C1CCCCC1. The Morgan fingerprint density at radius 1 is 1.40 bits per heavy atom. The van der Waals surface area contributed by atoms with Crippen molar-refractivity contribution in [2.24, 2.45) is 11.7 Å². The Morgan fingerprint density at radius 2 is 2.00 bits per heavy atom. The molecule has 2 unspecified atom stereocenters. The fourth-order valence-electron chi connectivity index (χ4n) is 2.40. The van der Waals surface area contributed by atoms with E-state index < -0.39 is 0 Å². The lowest BCUT2D eigenvalue weighted by Crippen LogP contribution is -2.47. The third-order valence-electron chi connectivity index (χ3n) is 3.40. The molecule has 1 fully saturated rings. The molecule has 1 aliphatic rings. The summed E-state index contributed by atoms with van der Waals surface area (Å²) in [5.74, 6) is 0.666. The third kappa shape index (κ3) is 3.82. The summed E-state index contributed by atoms with van der Waals surface area (Å²) in [5.41, 5.74) is 5.56. The maximum Gasteiger partial charge on any atom is 0.236 e. The van der Waals surface area contributed by atoms with Gasteiger partial charge < -0.3 is 11.1 Å². The number of hydrogen-bond acceptors (Lipinski definition) is 2. The molecule has 0 aromatic heterocycles. The molecule has 3 N–H and O–H groups in total. The standard InChI is InChI=1S/C12H24N2O/c1-3-11(14-12(15)9(2)13)10-7-5-4-6-8-10/h9-11H,3-8,13H2,1-2H3,(H,14,15). The van der Waals surface area contributed by atoms with E-state index in [9.17, 15) is 4.79 Å². The lowest BCUT2D eigenvalue weighted by Gasteiger charge is -2.30. The van der Waals surface area contributed by atoms with Gasteiger partial charge in [0.15, 0.2) is 0 Å². The third-order valence-corrected chi connectivity index (χ3v) is 3.40. The number of nitrogens with one attached hydrogen (secondary N) is 1. The molecule has 3 heteroatoms. The Balaban J connectivity index is 2.43. The largest absolute Gasteiger partial charge is 0.352 e. The van der Waals surface area contributed by atoms with Crippen molar-refractivity contribution >= 4 is 5.91 Å². The van der Waals surface area contributed by atoms with Gasteiger partial charge in [0.05, 0.1) is 6.04 Å². The summed E-state index contributed by atoms with van der Waals surface area (Å²) < 4.78 is 0. The first-order valence-electron chi connectivity index (χ1n) is 6.21. The summed E-state index contributed by atoms with van der Waals surface area (Å²) in [6.07, 6.45) is 7.53. The molecule has 0 radical (unpaired) electrons. The highest BCUT2D eigenvalue weighted by Crippen LogP contribution is 2.27. The fourth-order valence-corrected chi connectivity index (χ4v) is 2.40. The first-order chi connectivity index (χ1) is 7.15. The van der Waals surface area contributed by atoms with Crippen molar-refractivity contribution in [3.63, 3.8) is 0 Å². The highest BCUT2D eigenvalue weighted by molar-refractivity contribution is 5.81. The van der Waals surface area contributed by atoms with Crippen molar-refractivity contribution in [1.82, 2.24) is 5.32 Å². The van der Waals surface area contributed by atoms with Crippen LogP contribution < -0.4 is 11.1 Å². The van der Waals surface area contributed by atoms with Crippen molar-refractivity contribution in [3.8, 4) is 0 Å². The van der Waals surface area contributed by atoms with E-state index in [1.54, 1.807) is 6.92 Å². The molecule has 0 bridgehead atoms. The predicted octanol–water partition coefficient (Wildman–Crippen LogP) is 1.81. The summed E-state index contributed by atoms with van der Waals surface area (Å²) in [6.45, 7) is 3.88. The first kappa shape index (κ1) is 12.5. The minimum absolute atomic E-state index is 0.00702. The molecule has 2 atom stereocenters. The highest BCUT2D eigenvalue weighted by Gasteiger charge is 2.24. The molecule has 3 nitrogen and oxygen atoms in total. The Kier molecular flexibility index (Phi) is 5.09. The molecular formula is C12H24N2O. The zero-order chi connectivity index (χ0) is 11.3. The van der Waals surface area contributed by atoms with E-state index in [1.807, 2.05) is 0 Å². The minimum Gasteiger partial charge on any atom is -0.352 e. The van der Waals surface area contributed by atoms with Crippen LogP contribution in [0.2, 0.25) is 0 Å². The molecule has 0 heterocycles. The molecule has 0 aromatic rings. The maximum absolute atomic E-state index is 11.5. The molecule has 1 amide bonds. The van der Waals surface area contributed by atoms with Crippen LogP contribution in [0.15, 0.2) is 0 Å². The molecule has 0 spiro atoms. The summed E-state index contributed by atoms with van der Waals surface area (Å²) in [5, 5.41) is 3.07. The van der Waals surface area contributed by atoms with E-state index in [0.29, 0.717) is 12.0 Å². The molecule has 0 aromatic carbocycles. The summed E-state index contributed by atoms with van der Waals surface area (Å²) in [6, 6.07) is -0.0496. The van der Waals surface area contributed by atoms with Gasteiger partial charge in [0, 0.05) is 6.04 Å². The van der Waals surface area contributed by atoms with E-state index in [0.717, 1.165) is 6.42 Å².